The third-order valence-corrected chi connectivity index (χ3v) is 27.4. The molecule has 0 radical (unpaired) electrons. The number of azo groups is 2. The molecule has 0 aromatic rings. The van der Waals surface area contributed by atoms with E-state index in [1.54, 1.807) is 9.80 Å². The van der Waals surface area contributed by atoms with E-state index in [2.05, 4.69) is 93.2 Å². The van der Waals surface area contributed by atoms with E-state index in [1.165, 1.54) is 0 Å². The van der Waals surface area contributed by atoms with Gasteiger partial charge in [0.2, 0.25) is 0 Å². The van der Waals surface area contributed by atoms with E-state index in [0.717, 1.165) is 0 Å². The summed E-state index contributed by atoms with van der Waals surface area (Å²) in [5.41, 5.74) is 0. The van der Waals surface area contributed by atoms with Crippen LogP contribution in [-0.4, -0.2) is 313 Å². The number of rotatable bonds is 34. The van der Waals surface area contributed by atoms with Crippen LogP contribution in [0, 0.1) is 47.3 Å². The molecule has 0 aromatic heterocycles. The van der Waals surface area contributed by atoms with Crippen molar-refractivity contribution in [1.29, 1.82) is 0 Å². The fourth-order valence-electron chi connectivity index (χ4n) is 18.0. The summed E-state index contributed by atoms with van der Waals surface area (Å²) >= 11 is 0. The minimum atomic E-state index is -4.75. The van der Waals surface area contributed by atoms with Gasteiger partial charge in [0.1, 0.15) is 49.8 Å². The van der Waals surface area contributed by atoms with Gasteiger partial charge in [-0.15, -0.1) is 0 Å². The van der Waals surface area contributed by atoms with Crippen molar-refractivity contribution in [1.82, 2.24) is 63.0 Å². The Hall–Kier alpha value is -1.56. The van der Waals surface area contributed by atoms with E-state index in [9.17, 15) is 105 Å². The van der Waals surface area contributed by atoms with Gasteiger partial charge >= 0.3 is 0 Å². The number of nitrogens with one attached hydrogen (secondary N) is 10. The molecule has 9 aliphatic rings. The standard InChI is InChI=1S/C56H112N16O26S4/c73-9-5-71(6-10-74)55-63-51(61-53(65-55)59-41-23-39(99(83,84)85)19-33-21-43(101(89,90)91)47(49(77)45(33)41)69-67-37-15-29(25-95-79)13-30(16-37)26-96-80)57-35-1-2-36(4-3-35)58-52-62-54(66-56(64-52)72(7-11-75)8-12-76)60-42-24-40(100(86,87)88)20-34-22-44(102(92,93)94)48(50(78)46(34)42)70-68-38-17-31(27-97-81)14-32(18-38)28-98-82/h29-66,73-82,89-94H,1-28H2,(H,83,84,85)(H,86,87,88). The van der Waals surface area contributed by atoms with E-state index in [0.29, 0.717) is 64.2 Å². The quantitative estimate of drug-likeness (QED) is 0.0139. The fraction of sp³-hybridized carbons (Fsp3) is 1.00. The maximum absolute atomic E-state index is 13.1. The Morgan fingerprint density at radius 2 is 0.696 bits per heavy atom. The molecule has 2 heterocycles. The molecule has 9 fully saturated rings. The summed E-state index contributed by atoms with van der Waals surface area (Å²) < 4.78 is 139. The Bertz CT molecular complexity index is 2620. The zero-order valence-electron chi connectivity index (χ0n) is 56.6. The van der Waals surface area contributed by atoms with E-state index in [1.807, 2.05) is 0 Å². The van der Waals surface area contributed by atoms with Gasteiger partial charge in [0.05, 0.1) is 120 Å². The Labute approximate surface area is 595 Å². The molecule has 28 N–H and O–H groups in total. The van der Waals surface area contributed by atoms with Gasteiger partial charge in [0, 0.05) is 62.2 Å². The summed E-state index contributed by atoms with van der Waals surface area (Å²) in [7, 11) is -18.5. The summed E-state index contributed by atoms with van der Waals surface area (Å²) in [5, 5.41) is 149. The highest BCUT2D eigenvalue weighted by Gasteiger charge is 2.59. The van der Waals surface area contributed by atoms with Crippen LogP contribution in [0.3, 0.4) is 0 Å². The van der Waals surface area contributed by atoms with E-state index >= 15 is 0 Å². The monoisotopic (exact) mass is 1550 g/mol. The molecule has 2 aliphatic heterocycles. The Balaban J connectivity index is 0.902. The topological polar surface area (TPSA) is 646 Å². The second-order valence-electron chi connectivity index (χ2n) is 29.3. The molecule has 0 aromatic carbocycles. The first-order valence-corrected chi connectivity index (χ1v) is 41.3. The largest absolute Gasteiger partial charge is 0.395 e. The lowest BCUT2D eigenvalue weighted by Gasteiger charge is -2.53. The van der Waals surface area contributed by atoms with Crippen LogP contribution >= 0.6 is 21.7 Å². The maximum Gasteiger partial charge on any atom is 0.267 e. The molecule has 102 heavy (non-hydrogen) atoms. The summed E-state index contributed by atoms with van der Waals surface area (Å²) in [6.45, 7) is -1.14. The van der Waals surface area contributed by atoms with Crippen molar-refractivity contribution in [3.05, 3.63) is 0 Å². The maximum atomic E-state index is 13.1. The Morgan fingerprint density at radius 1 is 0.392 bits per heavy atom. The highest BCUT2D eigenvalue weighted by Crippen LogP contribution is 2.56. The Morgan fingerprint density at radius 3 is 0.971 bits per heavy atom. The molecule has 0 spiro atoms. The number of nitrogens with zero attached hydrogens (tertiary/aromatic N) is 6. The number of aliphatic hydroxyl groups is 6. The molecule has 0 amide bonds. The van der Waals surface area contributed by atoms with Gasteiger partial charge in [0.25, 0.3) is 20.2 Å². The van der Waals surface area contributed by atoms with Crippen LogP contribution in [0.15, 0.2) is 20.5 Å². The first-order chi connectivity index (χ1) is 48.5. The minimum absolute atomic E-state index is 0.0561. The lowest BCUT2D eigenvalue weighted by Crippen LogP contribution is -2.80. The second kappa shape index (κ2) is 38.4. The molecule has 7 saturated carbocycles. The molecular formula is C56H112N16O26S4. The highest BCUT2D eigenvalue weighted by molar-refractivity contribution is 8.20. The van der Waals surface area contributed by atoms with Crippen LogP contribution in [0.25, 0.3) is 0 Å². The van der Waals surface area contributed by atoms with Crippen LogP contribution < -0.4 is 53.2 Å². The van der Waals surface area contributed by atoms with Gasteiger partial charge in [-0.2, -0.15) is 37.3 Å². The van der Waals surface area contributed by atoms with Crippen LogP contribution in [0.2, 0.25) is 0 Å². The summed E-state index contributed by atoms with van der Waals surface area (Å²) in [6, 6.07) is -6.31. The van der Waals surface area contributed by atoms with Crippen molar-refractivity contribution in [3.8, 4) is 0 Å². The third-order valence-electron chi connectivity index (χ3n) is 22.4. The highest BCUT2D eigenvalue weighted by atomic mass is 32.3. The predicted molar refractivity (Wildman–Crippen MR) is 363 cm³/mol. The normalized spacial score (nSPS) is 41.1. The lowest BCUT2D eigenvalue weighted by molar-refractivity contribution is -0.263. The molecular weight excluding hydrogens is 1440 g/mol. The summed E-state index contributed by atoms with van der Waals surface area (Å²) in [4.78, 5) is 21.1. The average Bonchev–Trinajstić information content (AvgIpc) is 0.752. The van der Waals surface area contributed by atoms with Gasteiger partial charge in [-0.05, 0) is 138 Å². The number of aliphatic hydroxyl groups excluding tert-OH is 6. The molecule has 24 atom stereocenters. The van der Waals surface area contributed by atoms with Crippen LogP contribution in [0.1, 0.15) is 103 Å². The molecule has 7 aliphatic carbocycles. The average molecular weight is 1550 g/mol. The van der Waals surface area contributed by atoms with Gasteiger partial charge in [-0.1, -0.05) is 0 Å². The first kappa shape index (κ1) is 84.5. The zero-order valence-corrected chi connectivity index (χ0v) is 59.9. The molecule has 9 rings (SSSR count). The SMILES string of the molecule is O=S(=O)(O)C1CC2CC(S(O)(O)O)C(N=NC3CC(COO)CC(COO)C3)C(O)C2C(NC2NC(NC3CCC(NC4NC(NC5CC(S(=O)(=O)O)CC6CC(S(O)(O)O)C(N=NC7CC(COO)CC(COO)C7)C(O)C65)NC(N(CCO)CCO)N4)CC3)NC(N(CCO)CCO)N2)C1. The lowest BCUT2D eigenvalue weighted by atomic mass is 9.65. The van der Waals surface area contributed by atoms with Crippen molar-refractivity contribution in [2.24, 2.45) is 67.8 Å². The van der Waals surface area contributed by atoms with Gasteiger partial charge < -0.3 is 58.0 Å². The smallest absolute Gasteiger partial charge is 0.267 e. The first-order valence-electron chi connectivity index (χ1n) is 35.1. The number of hydrogen-bond acceptors (Lipinski definition) is 40. The third kappa shape index (κ3) is 22.8. The van der Waals surface area contributed by atoms with Crippen LogP contribution in [0.4, 0.5) is 0 Å². The van der Waals surface area contributed by atoms with Gasteiger partial charge in [-0.3, -0.25) is 93.1 Å². The van der Waals surface area contributed by atoms with Crippen molar-refractivity contribution >= 4 is 42.0 Å². The Kier molecular flexibility index (Phi) is 31.8. The van der Waals surface area contributed by atoms with E-state index < -0.39 is 173 Å². The second-order valence-corrected chi connectivity index (χ2v) is 36.1. The molecule has 596 valence electrons. The van der Waals surface area contributed by atoms with Crippen molar-refractivity contribution in [2.45, 2.75) is 222 Å². The van der Waals surface area contributed by atoms with E-state index in [-0.39, 0.29) is 153 Å². The summed E-state index contributed by atoms with van der Waals surface area (Å²) in [6.07, 6.45) is -4.86. The number of hydrogen-bond donors (Lipinski definition) is 28. The fourth-order valence-corrected chi connectivity index (χ4v) is 22.1. The van der Waals surface area contributed by atoms with E-state index in [4.69, 9.17) is 0 Å². The van der Waals surface area contributed by atoms with Crippen molar-refractivity contribution in [2.75, 3.05) is 79.0 Å². The van der Waals surface area contributed by atoms with Gasteiger partial charge in [0.15, 0.2) is 0 Å². The number of fused-ring (bicyclic) bond motifs is 2. The van der Waals surface area contributed by atoms with Crippen molar-refractivity contribution in [3.63, 3.8) is 0 Å². The zero-order chi connectivity index (χ0) is 73.8. The minimum Gasteiger partial charge on any atom is -0.395 e. The predicted octanol–water partition coefficient (Wildman–Crippen LogP) is -2.32. The van der Waals surface area contributed by atoms with Crippen LogP contribution in [0.5, 0.6) is 0 Å². The van der Waals surface area contributed by atoms with Crippen LogP contribution in [-0.2, 0) is 39.8 Å². The molecule has 24 unspecified atom stereocenters. The van der Waals surface area contributed by atoms with Gasteiger partial charge in [-0.25, -0.2) is 19.6 Å². The van der Waals surface area contributed by atoms with Crippen molar-refractivity contribution < 1.29 is 124 Å². The molecule has 0 bridgehead atoms. The molecule has 46 heteroatoms. The summed E-state index contributed by atoms with van der Waals surface area (Å²) in [5.74, 6) is -4.43. The molecule has 42 nitrogen and oxygen atoms in total. The molecule has 2 saturated heterocycles.